The van der Waals surface area contributed by atoms with Gasteiger partial charge in [-0.05, 0) is 42.8 Å². The van der Waals surface area contributed by atoms with Gasteiger partial charge in [0.25, 0.3) is 0 Å². The van der Waals surface area contributed by atoms with E-state index < -0.39 is 0 Å². The molecule has 3 rings (SSSR count). The van der Waals surface area contributed by atoms with Crippen LogP contribution in [0.1, 0.15) is 23.7 Å². The van der Waals surface area contributed by atoms with E-state index in [-0.39, 0.29) is 11.8 Å². The van der Waals surface area contributed by atoms with Crippen molar-refractivity contribution in [2.75, 3.05) is 6.61 Å². The van der Waals surface area contributed by atoms with Gasteiger partial charge < -0.3 is 4.74 Å². The van der Waals surface area contributed by atoms with Crippen molar-refractivity contribution in [2.24, 2.45) is 0 Å². The second kappa shape index (κ2) is 7.08. The van der Waals surface area contributed by atoms with Gasteiger partial charge >= 0.3 is 5.97 Å². The van der Waals surface area contributed by atoms with Crippen LogP contribution in [0.3, 0.4) is 0 Å². The third kappa shape index (κ3) is 3.35. The fraction of sp³-hybridized carbons (Fsp3) is 0.158. The fourth-order valence-electron chi connectivity index (χ4n) is 2.40. The van der Waals surface area contributed by atoms with Crippen molar-refractivity contribution in [1.29, 1.82) is 0 Å². The van der Waals surface area contributed by atoms with Gasteiger partial charge in [0.15, 0.2) is 0 Å². The highest BCUT2D eigenvalue weighted by atomic mass is 19.1. The second-order valence-corrected chi connectivity index (χ2v) is 5.36. The Morgan fingerprint density at radius 3 is 2.67 bits per heavy atom. The lowest BCUT2D eigenvalue weighted by Gasteiger charge is -2.07. The molecule has 0 fully saturated rings. The van der Waals surface area contributed by atoms with Gasteiger partial charge in [0.1, 0.15) is 5.82 Å². The normalized spacial score (nSPS) is 10.6. The monoisotopic (exact) mass is 324 g/mol. The molecule has 5 heteroatoms. The number of hydrogen-bond acceptors (Lipinski definition) is 3. The number of aromatic amines is 1. The number of carbonyl (C=O) groups is 1. The smallest absolute Gasteiger partial charge is 0.338 e. The molecule has 122 valence electrons. The molecule has 0 atom stereocenters. The molecule has 0 aliphatic rings. The summed E-state index contributed by atoms with van der Waals surface area (Å²) < 4.78 is 18.3. The van der Waals surface area contributed by atoms with E-state index in [1.165, 1.54) is 12.1 Å². The van der Waals surface area contributed by atoms with Gasteiger partial charge in [-0.1, -0.05) is 25.1 Å². The summed E-state index contributed by atoms with van der Waals surface area (Å²) in [6.07, 6.45) is 0.771. The number of hydrogen-bond donors (Lipinski definition) is 1. The van der Waals surface area contributed by atoms with Gasteiger partial charge in [-0.3, -0.25) is 5.10 Å². The average molecular weight is 324 g/mol. The first-order valence-corrected chi connectivity index (χ1v) is 7.77. The van der Waals surface area contributed by atoms with Crippen molar-refractivity contribution in [3.05, 3.63) is 66.0 Å². The predicted octanol–water partition coefficient (Wildman–Crippen LogP) is 4.45. The molecule has 0 saturated heterocycles. The van der Waals surface area contributed by atoms with Crippen LogP contribution in [0.4, 0.5) is 4.39 Å². The Bertz CT molecular complexity index is 841. The molecule has 0 amide bonds. The lowest BCUT2D eigenvalue weighted by Crippen LogP contribution is -2.07. The molecule has 1 N–H and O–H groups in total. The Morgan fingerprint density at radius 1 is 1.17 bits per heavy atom. The summed E-state index contributed by atoms with van der Waals surface area (Å²) in [7, 11) is 0. The minimum Gasteiger partial charge on any atom is -0.462 e. The van der Waals surface area contributed by atoms with E-state index in [1.54, 1.807) is 24.3 Å². The van der Waals surface area contributed by atoms with Crippen molar-refractivity contribution in [2.45, 2.75) is 13.3 Å². The van der Waals surface area contributed by atoms with Crippen LogP contribution in [-0.2, 0) is 4.74 Å². The van der Waals surface area contributed by atoms with E-state index in [2.05, 4.69) is 10.2 Å². The highest BCUT2D eigenvalue weighted by Crippen LogP contribution is 2.27. The molecule has 0 unspecified atom stereocenters. The van der Waals surface area contributed by atoms with E-state index >= 15 is 0 Å². The molecule has 0 spiro atoms. The molecule has 1 heterocycles. The summed E-state index contributed by atoms with van der Waals surface area (Å²) in [4.78, 5) is 12.2. The standard InChI is InChI=1S/C19H17FN2O2/c1-2-11-24-19(23)16-6-4-3-5-15(16)18-12-17(21-22-18)13-7-9-14(20)10-8-13/h3-10,12H,2,11H2,1H3,(H,21,22). The fourth-order valence-corrected chi connectivity index (χ4v) is 2.40. The first-order chi connectivity index (χ1) is 11.7. The Hall–Kier alpha value is -2.95. The number of H-pyrrole nitrogens is 1. The van der Waals surface area contributed by atoms with E-state index in [1.807, 2.05) is 25.1 Å². The average Bonchev–Trinajstić information content (AvgIpc) is 3.10. The molecular weight excluding hydrogens is 307 g/mol. The summed E-state index contributed by atoms with van der Waals surface area (Å²) in [5.41, 5.74) is 3.39. The van der Waals surface area contributed by atoms with Crippen LogP contribution in [0, 0.1) is 5.82 Å². The molecule has 4 nitrogen and oxygen atoms in total. The van der Waals surface area contributed by atoms with Crippen LogP contribution >= 0.6 is 0 Å². The molecule has 0 bridgehead atoms. The SMILES string of the molecule is CCCOC(=O)c1ccccc1-c1cc(-c2ccc(F)cc2)n[nH]1. The van der Waals surface area contributed by atoms with Crippen LogP contribution < -0.4 is 0 Å². The van der Waals surface area contributed by atoms with Gasteiger partial charge in [0.2, 0.25) is 0 Å². The van der Waals surface area contributed by atoms with E-state index in [4.69, 9.17) is 4.74 Å². The lowest BCUT2D eigenvalue weighted by molar-refractivity contribution is 0.0506. The van der Waals surface area contributed by atoms with Crippen LogP contribution in [0.5, 0.6) is 0 Å². The highest BCUT2D eigenvalue weighted by Gasteiger charge is 2.15. The first kappa shape index (κ1) is 15.9. The molecule has 0 radical (unpaired) electrons. The second-order valence-electron chi connectivity index (χ2n) is 5.36. The van der Waals surface area contributed by atoms with Crippen molar-refractivity contribution in [3.8, 4) is 22.5 Å². The number of rotatable bonds is 5. The van der Waals surface area contributed by atoms with Gasteiger partial charge in [0, 0.05) is 11.1 Å². The number of esters is 1. The van der Waals surface area contributed by atoms with Crippen molar-refractivity contribution in [1.82, 2.24) is 10.2 Å². The summed E-state index contributed by atoms with van der Waals surface area (Å²) >= 11 is 0. The first-order valence-electron chi connectivity index (χ1n) is 7.77. The van der Waals surface area contributed by atoms with Crippen molar-refractivity contribution >= 4 is 5.97 Å². The number of carbonyl (C=O) groups excluding carboxylic acids is 1. The maximum Gasteiger partial charge on any atom is 0.338 e. The third-order valence-corrected chi connectivity index (χ3v) is 3.59. The molecular formula is C19H17FN2O2. The van der Waals surface area contributed by atoms with Gasteiger partial charge in [-0.15, -0.1) is 0 Å². The van der Waals surface area contributed by atoms with Crippen LogP contribution in [0.15, 0.2) is 54.6 Å². The number of nitrogens with one attached hydrogen (secondary N) is 1. The zero-order chi connectivity index (χ0) is 16.9. The highest BCUT2D eigenvalue weighted by molar-refractivity contribution is 5.97. The van der Waals surface area contributed by atoms with E-state index in [0.717, 1.165) is 17.5 Å². The summed E-state index contributed by atoms with van der Waals surface area (Å²) in [5.74, 6) is -0.649. The molecule has 24 heavy (non-hydrogen) atoms. The maximum absolute atomic E-state index is 13.0. The van der Waals surface area contributed by atoms with Crippen LogP contribution in [0.25, 0.3) is 22.5 Å². The Morgan fingerprint density at radius 2 is 1.92 bits per heavy atom. The number of aromatic nitrogens is 2. The predicted molar refractivity (Wildman–Crippen MR) is 90.0 cm³/mol. The third-order valence-electron chi connectivity index (χ3n) is 3.59. The molecule has 0 aliphatic heterocycles. The topological polar surface area (TPSA) is 55.0 Å². The molecule has 3 aromatic rings. The zero-order valence-electron chi connectivity index (χ0n) is 13.3. The van der Waals surface area contributed by atoms with E-state index in [9.17, 15) is 9.18 Å². The van der Waals surface area contributed by atoms with Gasteiger partial charge in [-0.25, -0.2) is 9.18 Å². The number of benzene rings is 2. The Kier molecular flexibility index (Phi) is 4.70. The molecule has 0 saturated carbocycles. The summed E-state index contributed by atoms with van der Waals surface area (Å²) in [5, 5.41) is 7.19. The lowest BCUT2D eigenvalue weighted by atomic mass is 10.0. The Labute approximate surface area is 139 Å². The summed E-state index contributed by atoms with van der Waals surface area (Å²) in [6.45, 7) is 2.33. The molecule has 0 aliphatic carbocycles. The minimum atomic E-state index is -0.356. The Balaban J connectivity index is 1.93. The largest absolute Gasteiger partial charge is 0.462 e. The quantitative estimate of drug-likeness (QED) is 0.705. The summed E-state index contributed by atoms with van der Waals surface area (Å²) in [6, 6.07) is 15.1. The van der Waals surface area contributed by atoms with Gasteiger partial charge in [-0.2, -0.15) is 5.10 Å². The number of halogens is 1. The minimum absolute atomic E-state index is 0.293. The van der Waals surface area contributed by atoms with Crippen LogP contribution in [0.2, 0.25) is 0 Å². The number of ether oxygens (including phenoxy) is 1. The van der Waals surface area contributed by atoms with Crippen LogP contribution in [-0.4, -0.2) is 22.8 Å². The van der Waals surface area contributed by atoms with Gasteiger partial charge in [0.05, 0.1) is 23.6 Å². The zero-order valence-corrected chi connectivity index (χ0v) is 13.3. The maximum atomic E-state index is 13.0. The molecule has 2 aromatic carbocycles. The molecule has 1 aromatic heterocycles. The van der Waals surface area contributed by atoms with E-state index in [0.29, 0.717) is 23.6 Å². The number of nitrogens with zero attached hydrogens (tertiary/aromatic N) is 1. The van der Waals surface area contributed by atoms with Crippen molar-refractivity contribution < 1.29 is 13.9 Å². The van der Waals surface area contributed by atoms with Crippen molar-refractivity contribution in [3.63, 3.8) is 0 Å².